The summed E-state index contributed by atoms with van der Waals surface area (Å²) in [5.74, 6) is 0. The normalized spacial score (nSPS) is 10.4. The van der Waals surface area contributed by atoms with Crippen LogP contribution in [0.2, 0.25) is 0 Å². The minimum absolute atomic E-state index is 0.671. The molecule has 0 spiro atoms. The zero-order valence-electron chi connectivity index (χ0n) is 11.3. The van der Waals surface area contributed by atoms with E-state index in [-0.39, 0.29) is 0 Å². The first-order chi connectivity index (χ1) is 9.67. The molecule has 3 rings (SSSR count). The second-order valence-corrected chi connectivity index (χ2v) is 5.79. The Kier molecular flexibility index (Phi) is 3.13. The van der Waals surface area contributed by atoms with Crippen molar-refractivity contribution in [2.45, 2.75) is 0 Å². The summed E-state index contributed by atoms with van der Waals surface area (Å²) in [6.45, 7) is 0. The predicted octanol–water partition coefficient (Wildman–Crippen LogP) is 3.90. The van der Waals surface area contributed by atoms with Gasteiger partial charge in [0.2, 0.25) is 0 Å². The zero-order valence-corrected chi connectivity index (χ0v) is 12.1. The van der Waals surface area contributed by atoms with E-state index in [1.54, 1.807) is 11.3 Å². The second-order valence-electron chi connectivity index (χ2n) is 4.75. The highest BCUT2D eigenvalue weighted by molar-refractivity contribution is 7.21. The van der Waals surface area contributed by atoms with Gasteiger partial charge in [-0.2, -0.15) is 5.26 Å². The summed E-state index contributed by atoms with van der Waals surface area (Å²) in [7, 11) is 4.06. The number of hydrogen-bond acceptors (Lipinski definition) is 4. The van der Waals surface area contributed by atoms with Crippen molar-refractivity contribution in [1.82, 2.24) is 4.98 Å². The monoisotopic (exact) mass is 279 g/mol. The molecule has 0 aliphatic carbocycles. The van der Waals surface area contributed by atoms with Crippen molar-refractivity contribution in [3.05, 3.63) is 48.0 Å². The third-order valence-electron chi connectivity index (χ3n) is 3.15. The quantitative estimate of drug-likeness (QED) is 0.714. The number of nitriles is 1. The van der Waals surface area contributed by atoms with Crippen LogP contribution in [0.5, 0.6) is 0 Å². The van der Waals surface area contributed by atoms with E-state index in [1.165, 1.54) is 10.4 Å². The number of rotatable bonds is 2. The maximum absolute atomic E-state index is 8.83. The highest BCUT2D eigenvalue weighted by Gasteiger charge is 2.07. The Balaban J connectivity index is 2.05. The molecular weight excluding hydrogens is 266 g/mol. The molecule has 0 saturated heterocycles. The molecule has 0 unspecified atom stereocenters. The molecule has 20 heavy (non-hydrogen) atoms. The summed E-state index contributed by atoms with van der Waals surface area (Å²) < 4.78 is 1.18. The molecule has 0 N–H and O–H groups in total. The van der Waals surface area contributed by atoms with Crippen molar-refractivity contribution < 1.29 is 0 Å². The Hall–Kier alpha value is -2.38. The van der Waals surface area contributed by atoms with E-state index >= 15 is 0 Å². The summed E-state index contributed by atoms with van der Waals surface area (Å²) in [6.07, 6.45) is 0. The topological polar surface area (TPSA) is 39.9 Å². The van der Waals surface area contributed by atoms with E-state index in [2.05, 4.69) is 28.1 Å². The number of benzene rings is 2. The van der Waals surface area contributed by atoms with Crippen LogP contribution in [-0.4, -0.2) is 19.1 Å². The number of anilines is 1. The van der Waals surface area contributed by atoms with Crippen LogP contribution in [0.25, 0.3) is 20.8 Å². The molecule has 0 amide bonds. The Morgan fingerprint density at radius 2 is 1.85 bits per heavy atom. The highest BCUT2D eigenvalue weighted by atomic mass is 32.1. The average molecular weight is 279 g/mol. The van der Waals surface area contributed by atoms with Crippen LogP contribution in [0.4, 0.5) is 5.69 Å². The van der Waals surface area contributed by atoms with Gasteiger partial charge >= 0.3 is 0 Å². The number of hydrogen-bond donors (Lipinski definition) is 0. The van der Waals surface area contributed by atoms with Crippen molar-refractivity contribution >= 4 is 27.2 Å². The maximum Gasteiger partial charge on any atom is 0.124 e. The van der Waals surface area contributed by atoms with E-state index in [0.717, 1.165) is 16.1 Å². The molecule has 4 heteroatoms. The molecule has 0 bridgehead atoms. The number of fused-ring (bicyclic) bond motifs is 1. The van der Waals surface area contributed by atoms with Crippen molar-refractivity contribution in [2.75, 3.05) is 19.0 Å². The summed E-state index contributed by atoms with van der Waals surface area (Å²) in [4.78, 5) is 6.74. The summed E-state index contributed by atoms with van der Waals surface area (Å²) in [5, 5.41) is 9.81. The summed E-state index contributed by atoms with van der Waals surface area (Å²) in [6, 6.07) is 16.0. The fourth-order valence-corrected chi connectivity index (χ4v) is 3.01. The first-order valence-electron chi connectivity index (χ1n) is 6.26. The lowest BCUT2D eigenvalue weighted by Crippen LogP contribution is -2.07. The van der Waals surface area contributed by atoms with Gasteiger partial charge in [-0.15, -0.1) is 11.3 Å². The molecule has 0 atom stereocenters. The minimum Gasteiger partial charge on any atom is -0.378 e. The van der Waals surface area contributed by atoms with Gasteiger partial charge in [-0.3, -0.25) is 0 Å². The molecule has 2 aromatic carbocycles. The van der Waals surface area contributed by atoms with E-state index in [4.69, 9.17) is 5.26 Å². The second kappa shape index (κ2) is 4.95. The summed E-state index contributed by atoms with van der Waals surface area (Å²) in [5.41, 5.74) is 3.91. The number of nitrogens with zero attached hydrogens (tertiary/aromatic N) is 3. The molecular formula is C16H13N3S. The molecule has 0 aliphatic rings. The van der Waals surface area contributed by atoms with Gasteiger partial charge < -0.3 is 4.90 Å². The molecule has 1 heterocycles. The molecule has 3 aromatic rings. The Morgan fingerprint density at radius 1 is 1.10 bits per heavy atom. The molecule has 0 radical (unpaired) electrons. The maximum atomic E-state index is 8.83. The smallest absolute Gasteiger partial charge is 0.124 e. The fourth-order valence-electron chi connectivity index (χ4n) is 2.00. The van der Waals surface area contributed by atoms with Crippen LogP contribution in [0.3, 0.4) is 0 Å². The third kappa shape index (κ3) is 2.24. The molecule has 0 aliphatic heterocycles. The lowest BCUT2D eigenvalue weighted by Gasteiger charge is -2.11. The molecule has 98 valence electrons. The molecule has 3 nitrogen and oxygen atoms in total. The largest absolute Gasteiger partial charge is 0.378 e. The number of thiazole rings is 1. The van der Waals surface area contributed by atoms with Gasteiger partial charge in [-0.25, -0.2) is 4.98 Å². The van der Waals surface area contributed by atoms with Crippen LogP contribution in [0, 0.1) is 11.3 Å². The first-order valence-corrected chi connectivity index (χ1v) is 7.07. The lowest BCUT2D eigenvalue weighted by atomic mass is 10.1. The lowest BCUT2D eigenvalue weighted by molar-refractivity contribution is 1.14. The average Bonchev–Trinajstić information content (AvgIpc) is 2.90. The van der Waals surface area contributed by atoms with Crippen molar-refractivity contribution in [3.63, 3.8) is 0 Å². The van der Waals surface area contributed by atoms with E-state index in [1.807, 2.05) is 44.4 Å². The zero-order chi connectivity index (χ0) is 14.1. The molecule has 0 saturated carbocycles. The molecule has 1 aromatic heterocycles. The SMILES string of the molecule is CN(C)c1ccc2nc(-c3ccc(C#N)cc3)sc2c1. The molecule has 0 fully saturated rings. The van der Waals surface area contributed by atoms with E-state index < -0.39 is 0 Å². The van der Waals surface area contributed by atoms with Gasteiger partial charge in [-0.05, 0) is 30.3 Å². The van der Waals surface area contributed by atoms with Gasteiger partial charge in [0.1, 0.15) is 5.01 Å². The van der Waals surface area contributed by atoms with Crippen molar-refractivity contribution in [3.8, 4) is 16.6 Å². The summed E-state index contributed by atoms with van der Waals surface area (Å²) >= 11 is 1.67. The highest BCUT2D eigenvalue weighted by Crippen LogP contribution is 2.32. The standard InChI is InChI=1S/C16H13N3S/c1-19(2)13-7-8-14-15(9-13)20-16(18-14)12-5-3-11(10-17)4-6-12/h3-9H,1-2H3. The number of aromatic nitrogens is 1. The van der Waals surface area contributed by atoms with Crippen molar-refractivity contribution in [2.24, 2.45) is 0 Å². The van der Waals surface area contributed by atoms with Crippen molar-refractivity contribution in [1.29, 1.82) is 5.26 Å². The minimum atomic E-state index is 0.671. The Labute approximate surface area is 121 Å². The van der Waals surface area contributed by atoms with Crippen LogP contribution in [0.1, 0.15) is 5.56 Å². The van der Waals surface area contributed by atoms with Crippen LogP contribution >= 0.6 is 11.3 Å². The van der Waals surface area contributed by atoms with Crippen LogP contribution in [-0.2, 0) is 0 Å². The van der Waals surface area contributed by atoms with Crippen LogP contribution < -0.4 is 4.90 Å². The first kappa shape index (κ1) is 12.6. The van der Waals surface area contributed by atoms with E-state index in [0.29, 0.717) is 5.56 Å². The Morgan fingerprint density at radius 3 is 2.50 bits per heavy atom. The van der Waals surface area contributed by atoms with Gasteiger partial charge in [0.15, 0.2) is 0 Å². The van der Waals surface area contributed by atoms with E-state index in [9.17, 15) is 0 Å². The van der Waals surface area contributed by atoms with Gasteiger partial charge in [0.25, 0.3) is 0 Å². The van der Waals surface area contributed by atoms with Gasteiger partial charge in [-0.1, -0.05) is 12.1 Å². The fraction of sp³-hybridized carbons (Fsp3) is 0.125. The Bertz CT molecular complexity index is 795. The third-order valence-corrected chi connectivity index (χ3v) is 4.22. The predicted molar refractivity (Wildman–Crippen MR) is 84.1 cm³/mol. The van der Waals surface area contributed by atoms with Gasteiger partial charge in [0, 0.05) is 25.3 Å². The van der Waals surface area contributed by atoms with Crippen LogP contribution in [0.15, 0.2) is 42.5 Å². The van der Waals surface area contributed by atoms with Gasteiger partial charge in [0.05, 0.1) is 21.8 Å².